The Morgan fingerprint density at radius 3 is 2.39 bits per heavy atom. The van der Waals surface area contributed by atoms with Crippen LogP contribution in [-0.2, 0) is 10.0 Å². The fourth-order valence-electron chi connectivity index (χ4n) is 4.09. The zero-order valence-electron chi connectivity index (χ0n) is 16.1. The number of nitrogens with zero attached hydrogens (tertiary/aromatic N) is 2. The second kappa shape index (κ2) is 7.72. The van der Waals surface area contributed by atoms with Gasteiger partial charge in [-0.15, -0.1) is 0 Å². The van der Waals surface area contributed by atoms with E-state index in [1.165, 1.54) is 22.0 Å². The average Bonchev–Trinajstić information content (AvgIpc) is 3.39. The lowest BCUT2D eigenvalue weighted by Gasteiger charge is -2.25. The maximum absolute atomic E-state index is 13.0. The number of hydrogen-bond donors (Lipinski definition) is 0. The quantitative estimate of drug-likeness (QED) is 0.781. The van der Waals surface area contributed by atoms with Gasteiger partial charge in [0.25, 0.3) is 15.9 Å². The largest absolute Gasteiger partial charge is 0.438 e. The molecule has 1 atom stereocenters. The number of hydrogen-bond acceptors (Lipinski definition) is 4. The van der Waals surface area contributed by atoms with Crippen LogP contribution in [-0.4, -0.2) is 43.2 Å². The number of carbonyl (C=O) groups excluding carboxylic acids is 1. The highest BCUT2D eigenvalue weighted by atomic mass is 32.2. The Balaban J connectivity index is 1.54. The first-order valence-corrected chi connectivity index (χ1v) is 11.4. The Morgan fingerprint density at radius 1 is 0.964 bits per heavy atom. The second-order valence-electron chi connectivity index (χ2n) is 7.65. The molecule has 28 heavy (non-hydrogen) atoms. The first-order valence-electron chi connectivity index (χ1n) is 9.94. The summed E-state index contributed by atoms with van der Waals surface area (Å²) < 4.78 is 32.6. The number of benzene rings is 1. The van der Waals surface area contributed by atoms with Gasteiger partial charge in [0.2, 0.25) is 5.09 Å². The highest BCUT2D eigenvalue weighted by molar-refractivity contribution is 7.89. The van der Waals surface area contributed by atoms with Crippen molar-refractivity contribution in [3.8, 4) is 0 Å². The van der Waals surface area contributed by atoms with Crippen molar-refractivity contribution in [1.82, 2.24) is 9.21 Å². The van der Waals surface area contributed by atoms with Crippen molar-refractivity contribution in [2.24, 2.45) is 0 Å². The van der Waals surface area contributed by atoms with Crippen LogP contribution >= 0.6 is 0 Å². The van der Waals surface area contributed by atoms with Crippen LogP contribution in [0.2, 0.25) is 0 Å². The lowest BCUT2D eigenvalue weighted by atomic mass is 10.0. The van der Waals surface area contributed by atoms with Crippen LogP contribution in [0.3, 0.4) is 0 Å². The zero-order valence-corrected chi connectivity index (χ0v) is 17.0. The number of amides is 1. The Kier molecular flexibility index (Phi) is 5.29. The summed E-state index contributed by atoms with van der Waals surface area (Å²) in [6, 6.07) is 11.1. The van der Waals surface area contributed by atoms with Crippen LogP contribution in [0, 0.1) is 6.92 Å². The predicted octanol–water partition coefficient (Wildman–Crippen LogP) is 3.74. The number of furan rings is 1. The lowest BCUT2D eigenvalue weighted by molar-refractivity contribution is 0.0697. The molecule has 2 aliphatic rings. The molecule has 0 saturated carbocycles. The van der Waals surface area contributed by atoms with E-state index in [-0.39, 0.29) is 22.8 Å². The highest BCUT2D eigenvalue weighted by Gasteiger charge is 2.34. The molecule has 7 heteroatoms. The Bertz CT molecular complexity index is 943. The van der Waals surface area contributed by atoms with Gasteiger partial charge in [-0.05, 0) is 50.3 Å². The fourth-order valence-corrected chi connectivity index (χ4v) is 5.52. The summed E-state index contributed by atoms with van der Waals surface area (Å²) in [5, 5.41) is -0.135. The van der Waals surface area contributed by atoms with Crippen molar-refractivity contribution in [2.45, 2.75) is 50.2 Å². The molecule has 0 bridgehead atoms. The molecule has 6 nitrogen and oxygen atoms in total. The zero-order chi connectivity index (χ0) is 19.7. The van der Waals surface area contributed by atoms with E-state index in [1.54, 1.807) is 4.90 Å². The number of piperidine rings is 1. The average molecular weight is 403 g/mol. The van der Waals surface area contributed by atoms with Gasteiger partial charge < -0.3 is 9.32 Å². The van der Waals surface area contributed by atoms with E-state index in [4.69, 9.17) is 4.42 Å². The highest BCUT2D eigenvalue weighted by Crippen LogP contribution is 2.34. The molecular weight excluding hydrogens is 376 g/mol. The van der Waals surface area contributed by atoms with E-state index < -0.39 is 10.0 Å². The van der Waals surface area contributed by atoms with Crippen LogP contribution in [0.1, 0.15) is 59.8 Å². The van der Waals surface area contributed by atoms with E-state index in [9.17, 15) is 13.2 Å². The topological polar surface area (TPSA) is 70.8 Å². The summed E-state index contributed by atoms with van der Waals surface area (Å²) in [6.45, 7) is 3.70. The van der Waals surface area contributed by atoms with Crippen LogP contribution in [0.25, 0.3) is 0 Å². The normalized spacial score (nSPS) is 21.2. The Morgan fingerprint density at radius 2 is 1.68 bits per heavy atom. The molecule has 1 amide bonds. The summed E-state index contributed by atoms with van der Waals surface area (Å²) in [6.07, 6.45) is 4.58. The van der Waals surface area contributed by atoms with Gasteiger partial charge in [0.05, 0.1) is 6.04 Å². The minimum absolute atomic E-state index is 0.000326. The Labute approximate surface area is 166 Å². The summed E-state index contributed by atoms with van der Waals surface area (Å²) in [7, 11) is -3.67. The van der Waals surface area contributed by atoms with Gasteiger partial charge in [-0.2, -0.15) is 4.31 Å². The van der Waals surface area contributed by atoms with Crippen LogP contribution in [0.15, 0.2) is 45.9 Å². The molecule has 1 aromatic heterocycles. The number of aryl methyl sites for hydroxylation is 1. The van der Waals surface area contributed by atoms with Crippen LogP contribution < -0.4 is 0 Å². The van der Waals surface area contributed by atoms with Crippen molar-refractivity contribution in [1.29, 1.82) is 0 Å². The van der Waals surface area contributed by atoms with Gasteiger partial charge in [-0.3, -0.25) is 4.79 Å². The maximum Gasteiger partial charge on any atom is 0.290 e. The van der Waals surface area contributed by atoms with E-state index in [1.807, 2.05) is 19.1 Å². The van der Waals surface area contributed by atoms with Crippen LogP contribution in [0.4, 0.5) is 0 Å². The van der Waals surface area contributed by atoms with Gasteiger partial charge in [0.15, 0.2) is 5.76 Å². The minimum atomic E-state index is -3.67. The summed E-state index contributed by atoms with van der Waals surface area (Å²) in [5.74, 6) is -0.155. The first kappa shape index (κ1) is 19.2. The smallest absolute Gasteiger partial charge is 0.290 e. The molecule has 2 aromatic rings. The van der Waals surface area contributed by atoms with Crippen molar-refractivity contribution in [2.75, 3.05) is 19.6 Å². The molecule has 0 N–H and O–H groups in total. The molecule has 3 heterocycles. The summed E-state index contributed by atoms with van der Waals surface area (Å²) in [4.78, 5) is 14.8. The van der Waals surface area contributed by atoms with Crippen LogP contribution in [0.5, 0.6) is 0 Å². The van der Waals surface area contributed by atoms with Crippen molar-refractivity contribution < 1.29 is 17.6 Å². The number of rotatable bonds is 4. The van der Waals surface area contributed by atoms with E-state index in [0.717, 1.165) is 37.7 Å². The predicted molar refractivity (Wildman–Crippen MR) is 106 cm³/mol. The second-order valence-corrected chi connectivity index (χ2v) is 9.52. The third-order valence-electron chi connectivity index (χ3n) is 5.68. The number of likely N-dealkylation sites (tertiary alicyclic amines) is 1. The summed E-state index contributed by atoms with van der Waals surface area (Å²) >= 11 is 0. The monoisotopic (exact) mass is 402 g/mol. The van der Waals surface area contributed by atoms with Crippen molar-refractivity contribution in [3.05, 3.63) is 53.3 Å². The number of sulfonamides is 1. The van der Waals surface area contributed by atoms with Crippen molar-refractivity contribution in [3.63, 3.8) is 0 Å². The third-order valence-corrected chi connectivity index (χ3v) is 7.45. The van der Waals surface area contributed by atoms with Gasteiger partial charge in [-0.1, -0.05) is 36.2 Å². The molecule has 2 saturated heterocycles. The SMILES string of the molecule is Cc1ccc(C2CCCN2C(=O)c2ccc(S(=O)(=O)N3CCCCC3)o2)cc1. The fraction of sp³-hybridized carbons (Fsp3) is 0.476. The maximum atomic E-state index is 13.0. The van der Waals surface area contributed by atoms with E-state index in [2.05, 4.69) is 12.1 Å². The van der Waals surface area contributed by atoms with Gasteiger partial charge in [-0.25, -0.2) is 8.42 Å². The van der Waals surface area contributed by atoms with Gasteiger partial charge in [0, 0.05) is 19.6 Å². The van der Waals surface area contributed by atoms with E-state index in [0.29, 0.717) is 19.6 Å². The molecular formula is C21H26N2O4S. The van der Waals surface area contributed by atoms with Gasteiger partial charge >= 0.3 is 0 Å². The molecule has 4 rings (SSSR count). The molecule has 1 unspecified atom stereocenters. The molecule has 2 aliphatic heterocycles. The lowest BCUT2D eigenvalue weighted by Crippen LogP contribution is -2.35. The molecule has 0 spiro atoms. The molecule has 0 radical (unpaired) electrons. The standard InChI is InChI=1S/C21H26N2O4S/c1-16-7-9-17(10-8-16)18-6-5-15-23(18)21(24)19-11-12-20(27-19)28(25,26)22-13-3-2-4-14-22/h7-12,18H,2-6,13-15H2,1H3. The summed E-state index contributed by atoms with van der Waals surface area (Å²) in [5.41, 5.74) is 2.28. The molecule has 150 valence electrons. The minimum Gasteiger partial charge on any atom is -0.438 e. The molecule has 1 aromatic carbocycles. The van der Waals surface area contributed by atoms with E-state index >= 15 is 0 Å². The molecule has 0 aliphatic carbocycles. The van der Waals surface area contributed by atoms with Gasteiger partial charge in [0.1, 0.15) is 0 Å². The third kappa shape index (κ3) is 3.61. The Hall–Kier alpha value is -2.12. The first-order chi connectivity index (χ1) is 13.5. The number of carbonyl (C=O) groups is 1. The molecule has 2 fully saturated rings. The van der Waals surface area contributed by atoms with Crippen molar-refractivity contribution >= 4 is 15.9 Å².